The van der Waals surface area contributed by atoms with E-state index in [1.807, 2.05) is 19.1 Å². The van der Waals surface area contributed by atoms with E-state index < -0.39 is 9.84 Å². The summed E-state index contributed by atoms with van der Waals surface area (Å²) in [6.07, 6.45) is 1.82. The highest BCUT2D eigenvalue weighted by molar-refractivity contribution is 7.91. The number of nitrogens with two attached hydrogens (primary N) is 1. The van der Waals surface area contributed by atoms with E-state index in [4.69, 9.17) is 5.84 Å². The van der Waals surface area contributed by atoms with Gasteiger partial charge in [0.15, 0.2) is 9.84 Å². The van der Waals surface area contributed by atoms with Crippen molar-refractivity contribution in [2.24, 2.45) is 5.84 Å². The quantitative estimate of drug-likeness (QED) is 0.641. The molecule has 0 spiro atoms. The molecule has 5 heteroatoms. The third-order valence-electron chi connectivity index (χ3n) is 3.87. The molecule has 1 aromatic rings. The molecule has 3 N–H and O–H groups in total. The Hall–Kier alpha value is -0.910. The van der Waals surface area contributed by atoms with Crippen molar-refractivity contribution in [1.29, 1.82) is 0 Å². The Balaban J connectivity index is 2.59. The van der Waals surface area contributed by atoms with Gasteiger partial charge in [0, 0.05) is 6.04 Å². The molecule has 0 saturated carbocycles. The summed E-state index contributed by atoms with van der Waals surface area (Å²) in [4.78, 5) is 0.481. The second-order valence-corrected chi connectivity index (χ2v) is 7.08. The average molecular weight is 268 g/mol. The Morgan fingerprint density at radius 3 is 2.78 bits per heavy atom. The van der Waals surface area contributed by atoms with Crippen LogP contribution in [0.1, 0.15) is 37.3 Å². The van der Waals surface area contributed by atoms with Crippen molar-refractivity contribution in [1.82, 2.24) is 5.43 Å². The Morgan fingerprint density at radius 1 is 1.44 bits per heavy atom. The number of hydrogen-bond donors (Lipinski definition) is 2. The Kier molecular flexibility index (Phi) is 3.75. The van der Waals surface area contributed by atoms with Crippen LogP contribution in [0, 0.1) is 0 Å². The Labute approximate surface area is 108 Å². The van der Waals surface area contributed by atoms with E-state index in [0.29, 0.717) is 4.90 Å². The van der Waals surface area contributed by atoms with Crippen molar-refractivity contribution in [2.75, 3.05) is 5.75 Å². The SMILES string of the molecule is CCS(=O)(=O)c1cccc2c1C(C)C(NN)CC2. The van der Waals surface area contributed by atoms with Crippen LogP contribution in [0.3, 0.4) is 0 Å². The maximum Gasteiger partial charge on any atom is 0.178 e. The molecule has 100 valence electrons. The molecule has 0 bridgehead atoms. The van der Waals surface area contributed by atoms with E-state index >= 15 is 0 Å². The smallest absolute Gasteiger partial charge is 0.178 e. The van der Waals surface area contributed by atoms with Gasteiger partial charge in [-0.15, -0.1) is 0 Å². The molecule has 0 amide bonds. The van der Waals surface area contributed by atoms with Gasteiger partial charge in [-0.25, -0.2) is 8.42 Å². The summed E-state index contributed by atoms with van der Waals surface area (Å²) in [6.45, 7) is 3.72. The first-order valence-corrected chi connectivity index (χ1v) is 7.97. The summed E-state index contributed by atoms with van der Waals surface area (Å²) < 4.78 is 24.3. The van der Waals surface area contributed by atoms with Gasteiger partial charge in [-0.05, 0) is 36.0 Å². The lowest BCUT2D eigenvalue weighted by atomic mass is 9.80. The maximum atomic E-state index is 12.2. The molecule has 0 heterocycles. The molecule has 0 aromatic heterocycles. The van der Waals surface area contributed by atoms with Crippen molar-refractivity contribution < 1.29 is 8.42 Å². The molecule has 0 saturated heterocycles. The molecule has 0 radical (unpaired) electrons. The van der Waals surface area contributed by atoms with E-state index in [0.717, 1.165) is 24.0 Å². The molecule has 1 aliphatic rings. The number of rotatable bonds is 3. The highest BCUT2D eigenvalue weighted by Crippen LogP contribution is 2.36. The Bertz CT molecular complexity index is 540. The van der Waals surface area contributed by atoms with Gasteiger partial charge in [0.05, 0.1) is 10.6 Å². The van der Waals surface area contributed by atoms with Gasteiger partial charge in [0.25, 0.3) is 0 Å². The lowest BCUT2D eigenvalue weighted by Crippen LogP contribution is -2.42. The van der Waals surface area contributed by atoms with Gasteiger partial charge in [0.2, 0.25) is 0 Å². The first kappa shape index (κ1) is 13.5. The standard InChI is InChI=1S/C13H20N2O2S/c1-3-18(16,17)12-6-4-5-10-7-8-11(15-14)9(2)13(10)12/h4-6,9,11,15H,3,7-8,14H2,1-2H3. The van der Waals surface area contributed by atoms with Crippen LogP contribution in [-0.4, -0.2) is 20.2 Å². The number of hydrazine groups is 1. The summed E-state index contributed by atoms with van der Waals surface area (Å²) in [5, 5.41) is 0. The number of nitrogens with one attached hydrogen (secondary N) is 1. The third kappa shape index (κ3) is 2.18. The summed E-state index contributed by atoms with van der Waals surface area (Å²) >= 11 is 0. The first-order chi connectivity index (χ1) is 8.51. The molecule has 2 unspecified atom stereocenters. The summed E-state index contributed by atoms with van der Waals surface area (Å²) in [6, 6.07) is 5.72. The molecule has 2 rings (SSSR count). The zero-order valence-corrected chi connectivity index (χ0v) is 11.6. The third-order valence-corrected chi connectivity index (χ3v) is 5.66. The van der Waals surface area contributed by atoms with Gasteiger partial charge in [0.1, 0.15) is 0 Å². The molecular formula is C13H20N2O2S. The van der Waals surface area contributed by atoms with Crippen LogP contribution in [0.2, 0.25) is 0 Å². The molecule has 0 fully saturated rings. The largest absolute Gasteiger partial charge is 0.271 e. The molecule has 18 heavy (non-hydrogen) atoms. The van der Waals surface area contributed by atoms with Crippen LogP contribution < -0.4 is 11.3 Å². The second kappa shape index (κ2) is 4.99. The minimum absolute atomic E-state index is 0.122. The monoisotopic (exact) mass is 268 g/mol. The molecule has 1 aliphatic carbocycles. The number of benzene rings is 1. The molecule has 0 aliphatic heterocycles. The van der Waals surface area contributed by atoms with Gasteiger partial charge in [-0.3, -0.25) is 11.3 Å². The second-order valence-electron chi connectivity index (χ2n) is 4.83. The minimum atomic E-state index is -3.17. The Morgan fingerprint density at radius 2 is 2.17 bits per heavy atom. The minimum Gasteiger partial charge on any atom is -0.271 e. The van der Waals surface area contributed by atoms with Gasteiger partial charge in [-0.2, -0.15) is 0 Å². The van der Waals surface area contributed by atoms with E-state index in [2.05, 4.69) is 5.43 Å². The highest BCUT2D eigenvalue weighted by Gasteiger charge is 2.30. The van der Waals surface area contributed by atoms with E-state index in [1.165, 1.54) is 0 Å². The van der Waals surface area contributed by atoms with Crippen LogP contribution in [0.4, 0.5) is 0 Å². The number of fused-ring (bicyclic) bond motifs is 1. The fourth-order valence-electron chi connectivity index (χ4n) is 2.74. The lowest BCUT2D eigenvalue weighted by Gasteiger charge is -2.32. The fourth-order valence-corrected chi connectivity index (χ4v) is 3.99. The van der Waals surface area contributed by atoms with E-state index in [9.17, 15) is 8.42 Å². The van der Waals surface area contributed by atoms with Crippen LogP contribution in [0.15, 0.2) is 23.1 Å². The summed E-state index contributed by atoms with van der Waals surface area (Å²) in [5.41, 5.74) is 4.89. The molecule has 4 nitrogen and oxygen atoms in total. The van der Waals surface area contributed by atoms with Crippen molar-refractivity contribution in [3.8, 4) is 0 Å². The molecule has 1 aromatic carbocycles. The van der Waals surface area contributed by atoms with E-state index in [1.54, 1.807) is 13.0 Å². The normalized spacial score (nSPS) is 23.7. The van der Waals surface area contributed by atoms with Crippen molar-refractivity contribution in [2.45, 2.75) is 43.5 Å². The average Bonchev–Trinajstić information content (AvgIpc) is 2.38. The predicted molar refractivity (Wildman–Crippen MR) is 72.0 cm³/mol. The number of sulfone groups is 1. The van der Waals surface area contributed by atoms with Crippen molar-refractivity contribution in [3.63, 3.8) is 0 Å². The van der Waals surface area contributed by atoms with Gasteiger partial charge < -0.3 is 0 Å². The van der Waals surface area contributed by atoms with Gasteiger partial charge in [-0.1, -0.05) is 26.0 Å². The van der Waals surface area contributed by atoms with Gasteiger partial charge >= 0.3 is 0 Å². The predicted octanol–water partition coefficient (Wildman–Crippen LogP) is 1.36. The zero-order valence-electron chi connectivity index (χ0n) is 10.8. The van der Waals surface area contributed by atoms with Crippen LogP contribution in [-0.2, 0) is 16.3 Å². The zero-order chi connectivity index (χ0) is 13.3. The van der Waals surface area contributed by atoms with Crippen LogP contribution >= 0.6 is 0 Å². The topological polar surface area (TPSA) is 72.2 Å². The lowest BCUT2D eigenvalue weighted by molar-refractivity contribution is 0.406. The summed E-state index contributed by atoms with van der Waals surface area (Å²) in [7, 11) is -3.17. The van der Waals surface area contributed by atoms with E-state index in [-0.39, 0.29) is 17.7 Å². The number of aryl methyl sites for hydroxylation is 1. The van der Waals surface area contributed by atoms with Crippen LogP contribution in [0.25, 0.3) is 0 Å². The van der Waals surface area contributed by atoms with Crippen LogP contribution in [0.5, 0.6) is 0 Å². The molecular weight excluding hydrogens is 248 g/mol. The van der Waals surface area contributed by atoms with Crippen molar-refractivity contribution in [3.05, 3.63) is 29.3 Å². The van der Waals surface area contributed by atoms with Crippen molar-refractivity contribution >= 4 is 9.84 Å². The highest BCUT2D eigenvalue weighted by atomic mass is 32.2. The molecule has 2 atom stereocenters. The number of hydrogen-bond acceptors (Lipinski definition) is 4. The summed E-state index contributed by atoms with van der Waals surface area (Å²) in [5.74, 6) is 5.80. The first-order valence-electron chi connectivity index (χ1n) is 6.32. The maximum absolute atomic E-state index is 12.2. The fraction of sp³-hybridized carbons (Fsp3) is 0.538.